The van der Waals surface area contributed by atoms with Crippen molar-refractivity contribution in [1.29, 1.82) is 0 Å². The van der Waals surface area contributed by atoms with E-state index in [2.05, 4.69) is 20.8 Å². The van der Waals surface area contributed by atoms with Crippen LogP contribution in [0.4, 0.5) is 0 Å². The van der Waals surface area contributed by atoms with Crippen LogP contribution in [0.5, 0.6) is 0 Å². The molecule has 0 radical (unpaired) electrons. The summed E-state index contributed by atoms with van der Waals surface area (Å²) in [5, 5.41) is 0. The molecular formula is C50H94N2O8. The Labute approximate surface area is 368 Å². The average molecular weight is 851 g/mol. The first kappa shape index (κ1) is 55.8. The lowest BCUT2D eigenvalue weighted by Crippen LogP contribution is -2.38. The van der Waals surface area contributed by atoms with Crippen molar-refractivity contribution in [3.05, 3.63) is 0 Å². The quantitative estimate of drug-likeness (QED) is 0.0334. The summed E-state index contributed by atoms with van der Waals surface area (Å²) < 4.78 is 23.0. The summed E-state index contributed by atoms with van der Waals surface area (Å²) in [5.74, 6) is -0.821. The molecule has 1 aliphatic heterocycles. The van der Waals surface area contributed by atoms with Gasteiger partial charge in [-0.05, 0) is 72.0 Å². The highest BCUT2D eigenvalue weighted by molar-refractivity contribution is 5.76. The topological polar surface area (TPSA) is 112 Å². The number of rotatable bonds is 42. The highest BCUT2D eigenvalue weighted by Gasteiger charge is 2.39. The second kappa shape index (κ2) is 39.6. The first-order valence-corrected chi connectivity index (χ1v) is 25.3. The van der Waals surface area contributed by atoms with Gasteiger partial charge in [-0.25, -0.2) is 0 Å². The van der Waals surface area contributed by atoms with Gasteiger partial charge in [0.15, 0.2) is 0 Å². The van der Waals surface area contributed by atoms with E-state index in [-0.39, 0.29) is 36.1 Å². The molecule has 0 amide bonds. The normalized spacial score (nSPS) is 15.5. The molecule has 2 unspecified atom stereocenters. The monoisotopic (exact) mass is 851 g/mol. The minimum absolute atomic E-state index is 0.0559. The predicted octanol–water partition coefficient (Wildman–Crippen LogP) is 12.1. The maximum absolute atomic E-state index is 13.3. The number of carbonyl (C=O) groups excluding carboxylic acids is 4. The lowest BCUT2D eigenvalue weighted by Gasteiger charge is -2.22. The van der Waals surface area contributed by atoms with Crippen LogP contribution < -0.4 is 0 Å². The van der Waals surface area contributed by atoms with E-state index >= 15 is 0 Å². The van der Waals surface area contributed by atoms with Crippen molar-refractivity contribution in [1.82, 2.24) is 9.80 Å². The van der Waals surface area contributed by atoms with Gasteiger partial charge >= 0.3 is 23.9 Å². The smallest absolute Gasteiger partial charge is 0.323 e. The van der Waals surface area contributed by atoms with E-state index in [4.69, 9.17) is 18.9 Å². The molecule has 0 aliphatic carbocycles. The molecule has 10 nitrogen and oxygen atoms in total. The molecule has 1 aliphatic rings. The second-order valence-corrected chi connectivity index (χ2v) is 18.0. The summed E-state index contributed by atoms with van der Waals surface area (Å²) in [4.78, 5) is 55.0. The summed E-state index contributed by atoms with van der Waals surface area (Å²) >= 11 is 0. The molecule has 0 N–H and O–H groups in total. The molecule has 0 aromatic carbocycles. The molecule has 0 bridgehead atoms. The van der Waals surface area contributed by atoms with Gasteiger partial charge in [0.25, 0.3) is 0 Å². The SMILES string of the molecule is CCCCCCCCCCCOC(=O)CCCN1CC(OC(=O)CCN(C)C)CC1C(=O)OCCCCCCCC(=O)OC(CCCCCCCC)CCCCCCCC. The Morgan fingerprint density at radius 1 is 0.533 bits per heavy atom. The standard InChI is InChI=1S/C50H94N2O8/c1-6-9-12-15-18-19-20-25-30-40-57-47(53)36-32-38-52-43-45(60-49(55)37-39-51(4)5)42-46(52)50(56)58-41-31-26-21-24-29-35-48(54)59-44(33-27-22-16-13-10-7-2)34-28-23-17-14-11-8-3/h44-46H,6-43H2,1-5H3. The van der Waals surface area contributed by atoms with Crippen molar-refractivity contribution in [2.24, 2.45) is 0 Å². The highest BCUT2D eigenvalue weighted by atomic mass is 16.6. The molecule has 1 rings (SSSR count). The average Bonchev–Trinajstić information content (AvgIpc) is 3.63. The van der Waals surface area contributed by atoms with Crippen LogP contribution in [0.1, 0.15) is 233 Å². The lowest BCUT2D eigenvalue weighted by atomic mass is 10.0. The van der Waals surface area contributed by atoms with Gasteiger partial charge in [0, 0.05) is 32.4 Å². The van der Waals surface area contributed by atoms with E-state index in [0.29, 0.717) is 65.0 Å². The number of carbonyl (C=O) groups is 4. The van der Waals surface area contributed by atoms with Crippen molar-refractivity contribution in [3.8, 4) is 0 Å². The van der Waals surface area contributed by atoms with Crippen molar-refractivity contribution in [2.75, 3.05) is 46.9 Å². The van der Waals surface area contributed by atoms with Crippen LogP contribution in [-0.2, 0) is 38.1 Å². The molecule has 1 heterocycles. The van der Waals surface area contributed by atoms with Crippen molar-refractivity contribution in [2.45, 2.75) is 251 Å². The summed E-state index contributed by atoms with van der Waals surface area (Å²) in [6, 6.07) is -0.508. The van der Waals surface area contributed by atoms with Gasteiger partial charge in [0.05, 0.1) is 19.6 Å². The van der Waals surface area contributed by atoms with Crippen molar-refractivity contribution in [3.63, 3.8) is 0 Å². The van der Waals surface area contributed by atoms with Gasteiger partial charge in [0.2, 0.25) is 0 Å². The van der Waals surface area contributed by atoms with Gasteiger partial charge in [-0.15, -0.1) is 0 Å². The number of nitrogens with zero attached hydrogens (tertiary/aromatic N) is 2. The fraction of sp³-hybridized carbons (Fsp3) is 0.920. The zero-order chi connectivity index (χ0) is 43.9. The molecule has 10 heteroatoms. The molecular weight excluding hydrogens is 757 g/mol. The van der Waals surface area contributed by atoms with Crippen LogP contribution in [0.25, 0.3) is 0 Å². The second-order valence-electron chi connectivity index (χ2n) is 18.0. The van der Waals surface area contributed by atoms with E-state index in [1.807, 2.05) is 23.9 Å². The third-order valence-corrected chi connectivity index (χ3v) is 11.9. The van der Waals surface area contributed by atoms with E-state index < -0.39 is 6.04 Å². The van der Waals surface area contributed by atoms with Crippen molar-refractivity contribution >= 4 is 23.9 Å². The van der Waals surface area contributed by atoms with E-state index in [9.17, 15) is 19.2 Å². The Morgan fingerprint density at radius 3 is 1.53 bits per heavy atom. The minimum Gasteiger partial charge on any atom is -0.466 e. The summed E-state index contributed by atoms with van der Waals surface area (Å²) in [6.07, 6.45) is 34.0. The largest absolute Gasteiger partial charge is 0.466 e. The summed E-state index contributed by atoms with van der Waals surface area (Å²) in [5.41, 5.74) is 0. The molecule has 2 atom stereocenters. The summed E-state index contributed by atoms with van der Waals surface area (Å²) in [6.45, 7) is 9.10. The zero-order valence-corrected chi connectivity index (χ0v) is 39.8. The zero-order valence-electron chi connectivity index (χ0n) is 39.8. The first-order valence-electron chi connectivity index (χ1n) is 25.3. The molecule has 0 aromatic rings. The molecule has 0 spiro atoms. The Bertz CT molecular complexity index is 1040. The van der Waals surface area contributed by atoms with Gasteiger partial charge in [-0.1, -0.05) is 156 Å². The lowest BCUT2D eigenvalue weighted by molar-refractivity contribution is -0.151. The number of likely N-dealkylation sites (tertiary alicyclic amines) is 1. The molecule has 352 valence electrons. The Morgan fingerprint density at radius 2 is 1.00 bits per heavy atom. The Kier molecular flexibility index (Phi) is 36.9. The number of hydrogen-bond acceptors (Lipinski definition) is 10. The van der Waals surface area contributed by atoms with Gasteiger partial charge in [-0.2, -0.15) is 0 Å². The van der Waals surface area contributed by atoms with Gasteiger partial charge in [0.1, 0.15) is 18.2 Å². The third kappa shape index (κ3) is 32.5. The number of esters is 4. The predicted molar refractivity (Wildman–Crippen MR) is 245 cm³/mol. The summed E-state index contributed by atoms with van der Waals surface area (Å²) in [7, 11) is 3.83. The molecule has 0 saturated carbocycles. The molecule has 0 aromatic heterocycles. The number of ether oxygens (including phenoxy) is 4. The molecule has 1 fully saturated rings. The number of hydrogen-bond donors (Lipinski definition) is 0. The number of unbranched alkanes of at least 4 members (excludes halogenated alkanes) is 22. The van der Waals surface area contributed by atoms with Crippen LogP contribution >= 0.6 is 0 Å². The fourth-order valence-electron chi connectivity index (χ4n) is 8.08. The highest BCUT2D eigenvalue weighted by Crippen LogP contribution is 2.24. The maximum Gasteiger partial charge on any atom is 0.323 e. The Balaban J connectivity index is 2.41. The Hall–Kier alpha value is -2.20. The first-order chi connectivity index (χ1) is 29.2. The maximum atomic E-state index is 13.3. The van der Waals surface area contributed by atoms with Crippen LogP contribution in [0.3, 0.4) is 0 Å². The van der Waals surface area contributed by atoms with Crippen LogP contribution in [0.15, 0.2) is 0 Å². The molecule has 60 heavy (non-hydrogen) atoms. The fourth-order valence-corrected chi connectivity index (χ4v) is 8.08. The van der Waals surface area contributed by atoms with E-state index in [1.165, 1.54) is 109 Å². The van der Waals surface area contributed by atoms with Crippen LogP contribution in [-0.4, -0.2) is 98.9 Å². The van der Waals surface area contributed by atoms with Gasteiger partial charge < -0.3 is 23.8 Å². The third-order valence-electron chi connectivity index (χ3n) is 11.9. The van der Waals surface area contributed by atoms with Crippen LogP contribution in [0, 0.1) is 0 Å². The van der Waals surface area contributed by atoms with E-state index in [0.717, 1.165) is 70.6 Å². The van der Waals surface area contributed by atoms with Crippen LogP contribution in [0.2, 0.25) is 0 Å². The molecule has 1 saturated heterocycles. The van der Waals surface area contributed by atoms with Gasteiger partial charge in [-0.3, -0.25) is 24.1 Å². The minimum atomic E-state index is -0.508. The van der Waals surface area contributed by atoms with Crippen molar-refractivity contribution < 1.29 is 38.1 Å². The van der Waals surface area contributed by atoms with E-state index in [1.54, 1.807) is 0 Å².